The molecule has 0 radical (unpaired) electrons. The maximum atomic E-state index is 13.2. The minimum absolute atomic E-state index is 0.267. The SMILES string of the molecule is OC1(c2ccccc2Cl)CCc2cc(F)ccc21. The zero-order valence-electron chi connectivity index (χ0n) is 9.66. The van der Waals surface area contributed by atoms with Gasteiger partial charge in [0.1, 0.15) is 11.4 Å². The van der Waals surface area contributed by atoms with Crippen molar-refractivity contribution in [1.29, 1.82) is 0 Å². The molecule has 0 heterocycles. The van der Waals surface area contributed by atoms with Gasteiger partial charge in [-0.05, 0) is 42.2 Å². The van der Waals surface area contributed by atoms with E-state index in [-0.39, 0.29) is 5.82 Å². The van der Waals surface area contributed by atoms with Crippen LogP contribution in [-0.2, 0) is 12.0 Å². The molecule has 0 saturated carbocycles. The number of hydrogen-bond acceptors (Lipinski definition) is 1. The number of halogens is 2. The van der Waals surface area contributed by atoms with E-state index >= 15 is 0 Å². The van der Waals surface area contributed by atoms with Crippen molar-refractivity contribution >= 4 is 11.6 Å². The summed E-state index contributed by atoms with van der Waals surface area (Å²) in [4.78, 5) is 0. The largest absolute Gasteiger partial charge is 0.380 e. The van der Waals surface area contributed by atoms with Gasteiger partial charge in [0.05, 0.1) is 0 Å². The zero-order chi connectivity index (χ0) is 12.8. The van der Waals surface area contributed by atoms with Gasteiger partial charge in [0.25, 0.3) is 0 Å². The molecule has 18 heavy (non-hydrogen) atoms. The molecular formula is C15H12ClFO. The van der Waals surface area contributed by atoms with E-state index in [1.54, 1.807) is 12.1 Å². The molecule has 0 aliphatic heterocycles. The van der Waals surface area contributed by atoms with Crippen LogP contribution in [0, 0.1) is 5.82 Å². The molecule has 0 spiro atoms. The second kappa shape index (κ2) is 4.08. The minimum Gasteiger partial charge on any atom is -0.380 e. The molecule has 0 bridgehead atoms. The van der Waals surface area contributed by atoms with E-state index in [4.69, 9.17) is 11.6 Å². The molecule has 0 saturated heterocycles. The summed E-state index contributed by atoms with van der Waals surface area (Å²) < 4.78 is 13.2. The highest BCUT2D eigenvalue weighted by Crippen LogP contribution is 2.44. The number of aliphatic hydroxyl groups is 1. The van der Waals surface area contributed by atoms with Crippen LogP contribution in [0.4, 0.5) is 4.39 Å². The highest BCUT2D eigenvalue weighted by atomic mass is 35.5. The molecule has 1 aliphatic carbocycles. The molecule has 0 amide bonds. The first-order valence-corrected chi connectivity index (χ1v) is 6.25. The van der Waals surface area contributed by atoms with Crippen LogP contribution >= 0.6 is 11.6 Å². The van der Waals surface area contributed by atoms with Crippen LogP contribution in [0.1, 0.15) is 23.1 Å². The molecule has 1 aliphatic rings. The second-order valence-corrected chi connectivity index (χ2v) is 5.05. The highest BCUT2D eigenvalue weighted by Gasteiger charge is 2.39. The average Bonchev–Trinajstić information content (AvgIpc) is 2.68. The number of rotatable bonds is 1. The summed E-state index contributed by atoms with van der Waals surface area (Å²) in [7, 11) is 0. The molecule has 3 rings (SSSR count). The number of aryl methyl sites for hydroxylation is 1. The van der Waals surface area contributed by atoms with Gasteiger partial charge in [0.15, 0.2) is 0 Å². The molecule has 0 aromatic heterocycles. The fraction of sp³-hybridized carbons (Fsp3) is 0.200. The molecule has 2 aromatic rings. The van der Waals surface area contributed by atoms with Gasteiger partial charge in [-0.3, -0.25) is 0 Å². The zero-order valence-corrected chi connectivity index (χ0v) is 10.4. The third-order valence-electron chi connectivity index (χ3n) is 3.59. The topological polar surface area (TPSA) is 20.2 Å². The molecule has 3 heteroatoms. The van der Waals surface area contributed by atoms with Crippen LogP contribution in [0.25, 0.3) is 0 Å². The molecule has 1 nitrogen and oxygen atoms in total. The Morgan fingerprint density at radius 3 is 2.67 bits per heavy atom. The molecule has 92 valence electrons. The van der Waals surface area contributed by atoms with Crippen molar-refractivity contribution in [1.82, 2.24) is 0 Å². The third-order valence-corrected chi connectivity index (χ3v) is 3.92. The Morgan fingerprint density at radius 1 is 1.11 bits per heavy atom. The van der Waals surface area contributed by atoms with Crippen molar-refractivity contribution in [2.45, 2.75) is 18.4 Å². The molecular weight excluding hydrogens is 251 g/mol. The van der Waals surface area contributed by atoms with Crippen molar-refractivity contribution < 1.29 is 9.50 Å². The predicted molar refractivity (Wildman–Crippen MR) is 69.2 cm³/mol. The average molecular weight is 263 g/mol. The van der Waals surface area contributed by atoms with Crippen LogP contribution in [0.3, 0.4) is 0 Å². The van der Waals surface area contributed by atoms with Gasteiger partial charge in [-0.25, -0.2) is 4.39 Å². The predicted octanol–water partition coefficient (Wildman–Crippen LogP) is 3.66. The molecule has 2 aromatic carbocycles. The van der Waals surface area contributed by atoms with E-state index in [0.717, 1.165) is 11.1 Å². The van der Waals surface area contributed by atoms with Crippen molar-refractivity contribution in [2.75, 3.05) is 0 Å². The van der Waals surface area contributed by atoms with E-state index in [1.807, 2.05) is 18.2 Å². The van der Waals surface area contributed by atoms with Crippen molar-refractivity contribution in [3.05, 3.63) is 70.0 Å². The Kier molecular flexibility index (Phi) is 2.65. The quantitative estimate of drug-likeness (QED) is 0.832. The smallest absolute Gasteiger partial charge is 0.123 e. The summed E-state index contributed by atoms with van der Waals surface area (Å²) in [5.74, 6) is -0.267. The van der Waals surface area contributed by atoms with Gasteiger partial charge in [-0.2, -0.15) is 0 Å². The summed E-state index contributed by atoms with van der Waals surface area (Å²) in [6.45, 7) is 0. The monoisotopic (exact) mass is 262 g/mol. The van der Waals surface area contributed by atoms with Crippen LogP contribution in [0.15, 0.2) is 42.5 Å². The van der Waals surface area contributed by atoms with Gasteiger partial charge in [0.2, 0.25) is 0 Å². The number of fused-ring (bicyclic) bond motifs is 1. The highest BCUT2D eigenvalue weighted by molar-refractivity contribution is 6.31. The van der Waals surface area contributed by atoms with Crippen molar-refractivity contribution in [3.8, 4) is 0 Å². The van der Waals surface area contributed by atoms with Crippen LogP contribution < -0.4 is 0 Å². The fourth-order valence-electron chi connectivity index (χ4n) is 2.70. The van der Waals surface area contributed by atoms with Crippen molar-refractivity contribution in [2.24, 2.45) is 0 Å². The van der Waals surface area contributed by atoms with E-state index in [2.05, 4.69) is 0 Å². The lowest BCUT2D eigenvalue weighted by atomic mass is 9.88. The Balaban J connectivity index is 2.18. The second-order valence-electron chi connectivity index (χ2n) is 4.64. The molecule has 1 atom stereocenters. The summed E-state index contributed by atoms with van der Waals surface area (Å²) in [6, 6.07) is 11.8. The summed E-state index contributed by atoms with van der Waals surface area (Å²) in [5, 5.41) is 11.4. The van der Waals surface area contributed by atoms with E-state index in [9.17, 15) is 9.50 Å². The van der Waals surface area contributed by atoms with Crippen LogP contribution in [0.2, 0.25) is 5.02 Å². The summed E-state index contributed by atoms with van der Waals surface area (Å²) >= 11 is 6.16. The normalized spacial score (nSPS) is 21.9. The number of benzene rings is 2. The van der Waals surface area contributed by atoms with Gasteiger partial charge < -0.3 is 5.11 Å². The summed E-state index contributed by atoms with van der Waals surface area (Å²) in [6.07, 6.45) is 1.20. The van der Waals surface area contributed by atoms with Gasteiger partial charge in [-0.15, -0.1) is 0 Å². The first-order valence-electron chi connectivity index (χ1n) is 5.87. The Labute approximate surface area is 110 Å². The maximum Gasteiger partial charge on any atom is 0.123 e. The molecule has 1 N–H and O–H groups in total. The minimum atomic E-state index is -1.10. The lowest BCUT2D eigenvalue weighted by molar-refractivity contribution is 0.0830. The third kappa shape index (κ3) is 1.64. The Morgan fingerprint density at radius 2 is 1.89 bits per heavy atom. The summed E-state index contributed by atoms with van der Waals surface area (Å²) in [5.41, 5.74) is 1.22. The number of hydrogen-bond donors (Lipinski definition) is 1. The first-order chi connectivity index (χ1) is 8.61. The standard InChI is InChI=1S/C15H12ClFO/c16-14-4-2-1-3-13(14)15(18)8-7-10-9-11(17)5-6-12(10)15/h1-6,9,18H,7-8H2. The van der Waals surface area contributed by atoms with E-state index in [0.29, 0.717) is 23.4 Å². The molecule has 0 fully saturated rings. The Hall–Kier alpha value is -1.38. The van der Waals surface area contributed by atoms with Crippen LogP contribution in [0.5, 0.6) is 0 Å². The van der Waals surface area contributed by atoms with Gasteiger partial charge in [-0.1, -0.05) is 35.9 Å². The van der Waals surface area contributed by atoms with Gasteiger partial charge >= 0.3 is 0 Å². The Bertz CT molecular complexity index is 611. The first kappa shape index (κ1) is 11.7. The van der Waals surface area contributed by atoms with E-state index < -0.39 is 5.60 Å². The van der Waals surface area contributed by atoms with Crippen molar-refractivity contribution in [3.63, 3.8) is 0 Å². The van der Waals surface area contributed by atoms with Gasteiger partial charge in [0, 0.05) is 10.6 Å². The van der Waals surface area contributed by atoms with Crippen LogP contribution in [-0.4, -0.2) is 5.11 Å². The van der Waals surface area contributed by atoms with E-state index in [1.165, 1.54) is 12.1 Å². The lowest BCUT2D eigenvalue weighted by Gasteiger charge is -2.25. The maximum absolute atomic E-state index is 13.2. The fourth-order valence-corrected chi connectivity index (χ4v) is 2.99. The molecule has 1 unspecified atom stereocenters. The lowest BCUT2D eigenvalue weighted by Crippen LogP contribution is -2.24.